The van der Waals surface area contributed by atoms with Crippen molar-refractivity contribution in [3.63, 3.8) is 0 Å². The molecule has 1 aliphatic heterocycles. The fraction of sp³-hybridized carbons (Fsp3) is 0.400. The number of hydrogen-bond donors (Lipinski definition) is 0. The number of carbonyl (C=O) groups excluding carboxylic acids is 1. The number of halogens is 2. The quantitative estimate of drug-likeness (QED) is 0.715. The van der Waals surface area contributed by atoms with E-state index in [1.54, 1.807) is 30.6 Å². The summed E-state index contributed by atoms with van der Waals surface area (Å²) in [6, 6.07) is 7.03. The van der Waals surface area contributed by atoms with Crippen LogP contribution in [0.25, 0.3) is 0 Å². The molecular weight excluding hydrogens is 371 g/mol. The third kappa shape index (κ3) is 4.49. The minimum atomic E-state index is 0.0166. The van der Waals surface area contributed by atoms with Crippen molar-refractivity contribution in [2.24, 2.45) is 5.41 Å². The van der Waals surface area contributed by atoms with Gasteiger partial charge in [0.1, 0.15) is 6.61 Å². The summed E-state index contributed by atoms with van der Waals surface area (Å²) in [7, 11) is 0. The Labute approximate surface area is 164 Å². The molecule has 26 heavy (non-hydrogen) atoms. The van der Waals surface area contributed by atoms with E-state index < -0.39 is 0 Å². The molecule has 0 N–H and O–H groups in total. The molecule has 4 nitrogen and oxygen atoms in total. The number of hydrogen-bond acceptors (Lipinski definition) is 3. The van der Waals surface area contributed by atoms with Gasteiger partial charge in [-0.25, -0.2) is 0 Å². The minimum absolute atomic E-state index is 0.0166. The van der Waals surface area contributed by atoms with Crippen molar-refractivity contribution in [3.8, 4) is 5.75 Å². The minimum Gasteiger partial charge on any atom is -0.486 e. The molecule has 2 heterocycles. The lowest BCUT2D eigenvalue weighted by molar-refractivity contribution is 0.0583. The maximum atomic E-state index is 12.8. The Morgan fingerprint density at radius 1 is 1.27 bits per heavy atom. The Bertz CT molecular complexity index is 788. The van der Waals surface area contributed by atoms with E-state index in [-0.39, 0.29) is 17.9 Å². The van der Waals surface area contributed by atoms with E-state index in [9.17, 15) is 4.79 Å². The van der Waals surface area contributed by atoms with E-state index in [0.29, 0.717) is 21.4 Å². The van der Waals surface area contributed by atoms with Crippen LogP contribution >= 0.6 is 23.2 Å². The zero-order valence-electron chi connectivity index (χ0n) is 15.0. The average Bonchev–Trinajstić information content (AvgIpc) is 2.60. The predicted molar refractivity (Wildman–Crippen MR) is 104 cm³/mol. The van der Waals surface area contributed by atoms with Gasteiger partial charge in [-0.2, -0.15) is 0 Å². The highest BCUT2D eigenvalue weighted by molar-refractivity contribution is 6.37. The van der Waals surface area contributed by atoms with Crippen LogP contribution in [-0.2, 0) is 6.61 Å². The second-order valence-corrected chi connectivity index (χ2v) is 8.23. The molecule has 1 fully saturated rings. The molecule has 0 atom stereocenters. The first-order valence-corrected chi connectivity index (χ1v) is 9.41. The molecule has 0 aliphatic carbocycles. The van der Waals surface area contributed by atoms with Crippen LogP contribution in [0.4, 0.5) is 0 Å². The van der Waals surface area contributed by atoms with Crippen LogP contribution in [0.1, 0.15) is 42.6 Å². The number of benzene rings is 1. The average molecular weight is 393 g/mol. The largest absolute Gasteiger partial charge is 0.486 e. The predicted octanol–water partition coefficient (Wildman–Crippen LogP) is 5.23. The molecule has 1 aromatic carbocycles. The van der Waals surface area contributed by atoms with Crippen LogP contribution in [0.15, 0.2) is 36.7 Å². The second-order valence-electron chi connectivity index (χ2n) is 7.42. The molecule has 1 aliphatic rings. The van der Waals surface area contributed by atoms with Crippen molar-refractivity contribution in [1.29, 1.82) is 0 Å². The van der Waals surface area contributed by atoms with E-state index in [1.807, 2.05) is 11.0 Å². The first-order chi connectivity index (χ1) is 12.4. The summed E-state index contributed by atoms with van der Waals surface area (Å²) in [5.74, 6) is 0.452. The summed E-state index contributed by atoms with van der Waals surface area (Å²) in [6.07, 6.45) is 5.46. The molecule has 1 amide bonds. The Morgan fingerprint density at radius 3 is 2.69 bits per heavy atom. The van der Waals surface area contributed by atoms with Crippen LogP contribution in [0.3, 0.4) is 0 Å². The molecule has 0 radical (unpaired) electrons. The van der Waals surface area contributed by atoms with Gasteiger partial charge in [-0.05, 0) is 36.5 Å². The number of likely N-dealkylation sites (tertiary alicyclic amines) is 1. The topological polar surface area (TPSA) is 42.4 Å². The molecule has 0 bridgehead atoms. The maximum Gasteiger partial charge on any atom is 0.255 e. The molecular formula is C20H22Cl2N2O2. The van der Waals surface area contributed by atoms with Gasteiger partial charge in [0.2, 0.25) is 0 Å². The number of aromatic nitrogens is 1. The number of carbonyl (C=O) groups is 1. The summed E-state index contributed by atoms with van der Waals surface area (Å²) in [4.78, 5) is 18.9. The molecule has 0 unspecified atom stereocenters. The fourth-order valence-corrected chi connectivity index (χ4v) is 3.75. The Morgan fingerprint density at radius 2 is 2.00 bits per heavy atom. The normalized spacial score (nSPS) is 16.4. The van der Waals surface area contributed by atoms with Crippen molar-refractivity contribution in [2.75, 3.05) is 13.1 Å². The number of nitrogens with zero attached hydrogens (tertiary/aromatic N) is 2. The van der Waals surface area contributed by atoms with Gasteiger partial charge in [-0.1, -0.05) is 43.1 Å². The number of amides is 1. The smallest absolute Gasteiger partial charge is 0.255 e. The third-order valence-electron chi connectivity index (χ3n) is 4.53. The van der Waals surface area contributed by atoms with Crippen molar-refractivity contribution < 1.29 is 9.53 Å². The highest BCUT2D eigenvalue weighted by Crippen LogP contribution is 2.33. The van der Waals surface area contributed by atoms with Crippen LogP contribution in [0.2, 0.25) is 10.0 Å². The first-order valence-electron chi connectivity index (χ1n) is 8.66. The Kier molecular flexibility index (Phi) is 5.73. The highest BCUT2D eigenvalue weighted by atomic mass is 35.5. The molecule has 1 saturated heterocycles. The van der Waals surface area contributed by atoms with Gasteiger partial charge in [-0.15, -0.1) is 0 Å². The van der Waals surface area contributed by atoms with Crippen LogP contribution in [-0.4, -0.2) is 28.9 Å². The van der Waals surface area contributed by atoms with E-state index in [2.05, 4.69) is 18.8 Å². The number of rotatable bonds is 4. The first kappa shape index (κ1) is 19.0. The molecule has 0 saturated carbocycles. The van der Waals surface area contributed by atoms with Gasteiger partial charge in [0.25, 0.3) is 5.91 Å². The lowest BCUT2D eigenvalue weighted by Crippen LogP contribution is -2.43. The van der Waals surface area contributed by atoms with Gasteiger partial charge < -0.3 is 9.64 Å². The number of ether oxygens (including phenoxy) is 1. The van der Waals surface area contributed by atoms with Gasteiger partial charge in [0.05, 0.1) is 15.6 Å². The van der Waals surface area contributed by atoms with Crippen molar-refractivity contribution in [1.82, 2.24) is 9.88 Å². The number of piperidine rings is 1. The highest BCUT2D eigenvalue weighted by Gasteiger charge is 2.29. The zero-order valence-corrected chi connectivity index (χ0v) is 16.5. The van der Waals surface area contributed by atoms with E-state index in [4.69, 9.17) is 27.9 Å². The lowest BCUT2D eigenvalue weighted by Gasteiger charge is -2.38. The number of para-hydroxylation sites is 1. The van der Waals surface area contributed by atoms with Crippen molar-refractivity contribution in [2.45, 2.75) is 33.3 Å². The summed E-state index contributed by atoms with van der Waals surface area (Å²) < 4.78 is 5.74. The molecule has 2 aromatic rings. The fourth-order valence-electron chi connectivity index (χ4n) is 3.24. The van der Waals surface area contributed by atoms with Crippen LogP contribution in [0.5, 0.6) is 5.75 Å². The van der Waals surface area contributed by atoms with Gasteiger partial charge >= 0.3 is 0 Å². The van der Waals surface area contributed by atoms with E-state index in [0.717, 1.165) is 31.5 Å². The van der Waals surface area contributed by atoms with Gasteiger partial charge in [0.15, 0.2) is 5.75 Å². The van der Waals surface area contributed by atoms with Crippen molar-refractivity contribution in [3.05, 3.63) is 57.8 Å². The maximum absolute atomic E-state index is 12.8. The summed E-state index contributed by atoms with van der Waals surface area (Å²) in [5, 5.41) is 0.904. The SMILES string of the molecule is CC1(C)CCCN(C(=O)c2cncc(COc3c(Cl)cccc3Cl)c2)C1. The molecule has 1 aromatic heterocycles. The Balaban J connectivity index is 1.71. The zero-order chi connectivity index (χ0) is 18.7. The molecule has 6 heteroatoms. The summed E-state index contributed by atoms with van der Waals surface area (Å²) in [6.45, 7) is 6.19. The van der Waals surface area contributed by atoms with Crippen LogP contribution in [0, 0.1) is 5.41 Å². The molecule has 138 valence electrons. The lowest BCUT2D eigenvalue weighted by atomic mass is 9.84. The van der Waals surface area contributed by atoms with Crippen molar-refractivity contribution >= 4 is 29.1 Å². The second kappa shape index (κ2) is 7.85. The monoisotopic (exact) mass is 392 g/mol. The Hall–Kier alpha value is -1.78. The van der Waals surface area contributed by atoms with Gasteiger partial charge in [0, 0.05) is 31.0 Å². The number of pyridine rings is 1. The summed E-state index contributed by atoms with van der Waals surface area (Å²) >= 11 is 12.2. The van der Waals surface area contributed by atoms with E-state index >= 15 is 0 Å². The molecule has 0 spiro atoms. The standard InChI is InChI=1S/C20H22Cl2N2O2/c1-20(2)7-4-8-24(13-20)19(25)15-9-14(10-23-11-15)12-26-18-16(21)5-3-6-17(18)22/h3,5-6,9-11H,4,7-8,12-13H2,1-2H3. The van der Waals surface area contributed by atoms with Gasteiger partial charge in [-0.3, -0.25) is 9.78 Å². The third-order valence-corrected chi connectivity index (χ3v) is 5.13. The molecule has 3 rings (SSSR count). The van der Waals surface area contributed by atoms with Crippen LogP contribution < -0.4 is 4.74 Å². The summed E-state index contributed by atoms with van der Waals surface area (Å²) in [5.41, 5.74) is 1.53. The van der Waals surface area contributed by atoms with E-state index in [1.165, 1.54) is 0 Å².